The lowest BCUT2D eigenvalue weighted by Gasteiger charge is -2.17. The van der Waals surface area contributed by atoms with Gasteiger partial charge < -0.3 is 14.2 Å². The number of ether oxygens (including phenoxy) is 3. The van der Waals surface area contributed by atoms with Gasteiger partial charge in [-0.3, -0.25) is 0 Å². The second-order valence-corrected chi connectivity index (χ2v) is 5.71. The highest BCUT2D eigenvalue weighted by molar-refractivity contribution is 5.87. The molecule has 0 radical (unpaired) electrons. The van der Waals surface area contributed by atoms with E-state index in [1.54, 1.807) is 28.1 Å². The lowest BCUT2D eigenvalue weighted by atomic mass is 9.96. The van der Waals surface area contributed by atoms with Gasteiger partial charge in [0.1, 0.15) is 11.5 Å². The summed E-state index contributed by atoms with van der Waals surface area (Å²) in [6, 6.07) is 4.02. The number of allylic oxidation sites excluding steroid dienone is 1. The van der Waals surface area contributed by atoms with Gasteiger partial charge in [-0.25, -0.2) is 4.79 Å². The van der Waals surface area contributed by atoms with Gasteiger partial charge in [0, 0.05) is 11.1 Å². The van der Waals surface area contributed by atoms with E-state index in [0.29, 0.717) is 18.1 Å². The Hall–Kier alpha value is -1.97. The summed E-state index contributed by atoms with van der Waals surface area (Å²) in [6.07, 6.45) is 3.43. The minimum absolute atomic E-state index is 0.257. The van der Waals surface area contributed by atoms with Gasteiger partial charge in [0.15, 0.2) is 0 Å². The molecule has 0 saturated carbocycles. The van der Waals surface area contributed by atoms with Crippen LogP contribution < -0.4 is 9.47 Å². The Morgan fingerprint density at radius 2 is 1.91 bits per heavy atom. The lowest BCUT2D eigenvalue weighted by Crippen LogP contribution is -2.05. The fourth-order valence-corrected chi connectivity index (χ4v) is 2.44. The third-order valence-corrected chi connectivity index (χ3v) is 3.69. The van der Waals surface area contributed by atoms with E-state index in [0.717, 1.165) is 35.5 Å². The number of benzene rings is 1. The second kappa shape index (κ2) is 9.23. The van der Waals surface area contributed by atoms with E-state index in [4.69, 9.17) is 14.2 Å². The summed E-state index contributed by atoms with van der Waals surface area (Å²) in [5, 5.41) is 0. The van der Waals surface area contributed by atoms with Crippen molar-refractivity contribution >= 4 is 5.97 Å². The number of methoxy groups -OCH3 is 2. The highest BCUT2D eigenvalue weighted by Gasteiger charge is 2.14. The quantitative estimate of drug-likeness (QED) is 0.530. The van der Waals surface area contributed by atoms with Crippen molar-refractivity contribution in [1.29, 1.82) is 0 Å². The first-order valence-electron chi connectivity index (χ1n) is 8.03. The number of carbonyl (C=O) groups is 1. The first kappa shape index (κ1) is 19.1. The van der Waals surface area contributed by atoms with Crippen LogP contribution in [0.2, 0.25) is 0 Å². The Morgan fingerprint density at radius 3 is 2.43 bits per heavy atom. The molecule has 0 spiro atoms. The number of hydrogen-bond donors (Lipinski definition) is 0. The number of carbonyl (C=O) groups excluding carboxylic acids is 1. The Kier molecular flexibility index (Phi) is 7.66. The summed E-state index contributed by atoms with van der Waals surface area (Å²) < 4.78 is 16.0. The smallest absolute Gasteiger partial charge is 0.333 e. The van der Waals surface area contributed by atoms with Crippen molar-refractivity contribution < 1.29 is 19.0 Å². The highest BCUT2D eigenvalue weighted by Crippen LogP contribution is 2.35. The van der Waals surface area contributed by atoms with Crippen LogP contribution in [0.1, 0.15) is 51.2 Å². The third kappa shape index (κ3) is 5.31. The average Bonchev–Trinajstić information content (AvgIpc) is 2.53. The maximum atomic E-state index is 11.6. The molecule has 4 nitrogen and oxygen atoms in total. The molecule has 1 rings (SSSR count). The van der Waals surface area contributed by atoms with E-state index < -0.39 is 0 Å². The van der Waals surface area contributed by atoms with E-state index >= 15 is 0 Å². The Morgan fingerprint density at radius 1 is 1.22 bits per heavy atom. The predicted octanol–water partition coefficient (Wildman–Crippen LogP) is 4.27. The van der Waals surface area contributed by atoms with Gasteiger partial charge in [0.05, 0.1) is 20.8 Å². The summed E-state index contributed by atoms with van der Waals surface area (Å²) in [7, 11) is 3.36. The molecular weight excluding hydrogens is 292 g/mol. The standard InChI is InChI=1S/C19H28O4/c1-7-23-19(20)14(4)9-8-10-15-11-16(21-5)12-17(13(2)3)18(15)22-6/h9,11-13H,7-8,10H2,1-6H3/b14-9+. The van der Waals surface area contributed by atoms with Crippen molar-refractivity contribution in [1.82, 2.24) is 0 Å². The molecule has 1 aromatic rings. The molecule has 0 saturated heterocycles. The molecule has 0 heterocycles. The van der Waals surface area contributed by atoms with Crippen LogP contribution in [0.4, 0.5) is 0 Å². The maximum absolute atomic E-state index is 11.6. The molecule has 4 heteroatoms. The summed E-state index contributed by atoms with van der Waals surface area (Å²) in [6.45, 7) is 8.24. The number of aryl methyl sites for hydroxylation is 1. The molecule has 0 unspecified atom stereocenters. The normalized spacial score (nSPS) is 11.5. The van der Waals surface area contributed by atoms with Crippen molar-refractivity contribution in [3.05, 3.63) is 34.9 Å². The largest absolute Gasteiger partial charge is 0.497 e. The molecule has 0 aliphatic carbocycles. The van der Waals surface area contributed by atoms with Gasteiger partial charge >= 0.3 is 5.97 Å². The topological polar surface area (TPSA) is 44.8 Å². The molecule has 128 valence electrons. The first-order chi connectivity index (χ1) is 10.9. The predicted molar refractivity (Wildman–Crippen MR) is 92.3 cm³/mol. The summed E-state index contributed by atoms with van der Waals surface area (Å²) in [5.41, 5.74) is 2.86. The molecule has 0 amide bonds. The van der Waals surface area contributed by atoms with Gasteiger partial charge in [-0.1, -0.05) is 19.9 Å². The fraction of sp³-hybridized carbons (Fsp3) is 0.526. The van der Waals surface area contributed by atoms with Crippen LogP contribution in [0.5, 0.6) is 11.5 Å². The van der Waals surface area contributed by atoms with Crippen molar-refractivity contribution in [2.75, 3.05) is 20.8 Å². The molecule has 0 atom stereocenters. The molecule has 0 fully saturated rings. The molecule has 0 bridgehead atoms. The molecular formula is C19H28O4. The molecule has 1 aromatic carbocycles. The van der Waals surface area contributed by atoms with Gasteiger partial charge in [-0.2, -0.15) is 0 Å². The van der Waals surface area contributed by atoms with Crippen LogP contribution in [0.3, 0.4) is 0 Å². The molecule has 0 aliphatic rings. The summed E-state index contributed by atoms with van der Waals surface area (Å²) >= 11 is 0. The van der Waals surface area contributed by atoms with E-state index in [1.807, 2.05) is 18.2 Å². The zero-order valence-corrected chi connectivity index (χ0v) is 15.1. The number of esters is 1. The molecule has 0 aromatic heterocycles. The van der Waals surface area contributed by atoms with E-state index in [9.17, 15) is 4.79 Å². The van der Waals surface area contributed by atoms with Crippen LogP contribution in [0.25, 0.3) is 0 Å². The van der Waals surface area contributed by atoms with E-state index in [2.05, 4.69) is 13.8 Å². The molecule has 0 N–H and O–H groups in total. The Bertz CT molecular complexity index is 559. The van der Waals surface area contributed by atoms with Crippen molar-refractivity contribution in [3.8, 4) is 11.5 Å². The minimum Gasteiger partial charge on any atom is -0.497 e. The summed E-state index contributed by atoms with van der Waals surface area (Å²) in [4.78, 5) is 11.6. The van der Waals surface area contributed by atoms with Crippen molar-refractivity contribution in [3.63, 3.8) is 0 Å². The monoisotopic (exact) mass is 320 g/mol. The van der Waals surface area contributed by atoms with E-state index in [-0.39, 0.29) is 5.97 Å². The summed E-state index contributed by atoms with van der Waals surface area (Å²) in [5.74, 6) is 1.82. The molecule has 23 heavy (non-hydrogen) atoms. The number of hydrogen-bond acceptors (Lipinski definition) is 4. The van der Waals surface area contributed by atoms with Crippen molar-refractivity contribution in [2.45, 2.75) is 46.5 Å². The van der Waals surface area contributed by atoms with Crippen LogP contribution in [0, 0.1) is 0 Å². The van der Waals surface area contributed by atoms with Gasteiger partial charge in [0.2, 0.25) is 0 Å². The van der Waals surface area contributed by atoms with Crippen LogP contribution in [-0.4, -0.2) is 26.8 Å². The van der Waals surface area contributed by atoms with Crippen LogP contribution in [0.15, 0.2) is 23.8 Å². The van der Waals surface area contributed by atoms with Gasteiger partial charge in [-0.05, 0) is 50.3 Å². The zero-order chi connectivity index (χ0) is 17.4. The second-order valence-electron chi connectivity index (χ2n) is 5.71. The fourth-order valence-electron chi connectivity index (χ4n) is 2.44. The third-order valence-electron chi connectivity index (χ3n) is 3.69. The van der Waals surface area contributed by atoms with Crippen molar-refractivity contribution in [2.24, 2.45) is 0 Å². The van der Waals surface area contributed by atoms with Crippen LogP contribution >= 0.6 is 0 Å². The van der Waals surface area contributed by atoms with E-state index in [1.165, 1.54) is 0 Å². The number of rotatable bonds is 8. The average molecular weight is 320 g/mol. The SMILES string of the molecule is CCOC(=O)/C(C)=C/CCc1cc(OC)cc(C(C)C)c1OC. The highest BCUT2D eigenvalue weighted by atomic mass is 16.5. The zero-order valence-electron chi connectivity index (χ0n) is 15.1. The maximum Gasteiger partial charge on any atom is 0.333 e. The Balaban J connectivity index is 2.97. The van der Waals surface area contributed by atoms with Gasteiger partial charge in [-0.15, -0.1) is 0 Å². The first-order valence-corrected chi connectivity index (χ1v) is 8.03. The van der Waals surface area contributed by atoms with Crippen LogP contribution in [-0.2, 0) is 16.0 Å². The molecule has 0 aliphatic heterocycles. The van der Waals surface area contributed by atoms with Gasteiger partial charge in [0.25, 0.3) is 0 Å². The minimum atomic E-state index is -0.257. The Labute approximate surface area is 139 Å². The lowest BCUT2D eigenvalue weighted by molar-refractivity contribution is -0.138.